The zero-order valence-electron chi connectivity index (χ0n) is 13.3. The van der Waals surface area contributed by atoms with E-state index in [1.54, 1.807) is 18.9 Å². The van der Waals surface area contributed by atoms with Gasteiger partial charge < -0.3 is 24.4 Å². The van der Waals surface area contributed by atoms with Crippen molar-refractivity contribution in [1.29, 1.82) is 0 Å². The summed E-state index contributed by atoms with van der Waals surface area (Å²) in [6.07, 6.45) is 0. The Labute approximate surface area is 122 Å². The van der Waals surface area contributed by atoms with Crippen LogP contribution in [0.25, 0.3) is 0 Å². The van der Waals surface area contributed by atoms with Crippen LogP contribution in [0.5, 0.6) is 0 Å². The highest BCUT2D eigenvalue weighted by Crippen LogP contribution is 1.86. The lowest BCUT2D eigenvalue weighted by Gasteiger charge is -2.14. The maximum atomic E-state index is 10.9. The average Bonchev–Trinajstić information content (AvgIpc) is 2.39. The highest BCUT2D eigenvalue weighted by atomic mass is 16.5. The van der Waals surface area contributed by atoms with Gasteiger partial charge in [0, 0.05) is 33.1 Å². The number of likely N-dealkylation sites (N-methyl/N-ethyl adjacent to an activating group) is 1. The molecule has 0 rings (SSSR count). The van der Waals surface area contributed by atoms with Gasteiger partial charge in [-0.1, -0.05) is 13.8 Å². The summed E-state index contributed by atoms with van der Waals surface area (Å²) in [4.78, 5) is 12.5. The first-order valence-corrected chi connectivity index (χ1v) is 7.22. The van der Waals surface area contributed by atoms with Crippen molar-refractivity contribution in [3.05, 3.63) is 0 Å². The number of carbonyl (C=O) groups is 1. The number of nitrogens with one attached hydrogen (secondary N) is 1. The average molecular weight is 290 g/mol. The molecule has 0 saturated heterocycles. The van der Waals surface area contributed by atoms with E-state index in [1.807, 2.05) is 0 Å². The van der Waals surface area contributed by atoms with Crippen molar-refractivity contribution in [3.63, 3.8) is 0 Å². The molecule has 0 aliphatic heterocycles. The first-order valence-electron chi connectivity index (χ1n) is 7.22. The summed E-state index contributed by atoms with van der Waals surface area (Å²) in [5.41, 5.74) is 0. The number of amides is 1. The highest BCUT2D eigenvalue weighted by molar-refractivity contribution is 5.72. The van der Waals surface area contributed by atoms with Gasteiger partial charge in [-0.05, 0) is 0 Å². The van der Waals surface area contributed by atoms with Crippen LogP contribution in [0, 0.1) is 0 Å². The molecule has 1 N–H and O–H groups in total. The van der Waals surface area contributed by atoms with Crippen molar-refractivity contribution in [2.24, 2.45) is 0 Å². The molecule has 0 spiro atoms. The molecule has 120 valence electrons. The number of carbonyl (C=O) groups excluding carboxylic acids is 1. The SMILES string of the molecule is CC(=O)N(C)CCOCCOCCOCCNC(C)C. The number of ether oxygens (including phenoxy) is 3. The van der Waals surface area contributed by atoms with E-state index in [9.17, 15) is 4.79 Å². The fourth-order valence-corrected chi connectivity index (χ4v) is 1.32. The quantitative estimate of drug-likeness (QED) is 0.501. The van der Waals surface area contributed by atoms with Gasteiger partial charge >= 0.3 is 0 Å². The van der Waals surface area contributed by atoms with Gasteiger partial charge in [-0.15, -0.1) is 0 Å². The van der Waals surface area contributed by atoms with E-state index in [1.165, 1.54) is 0 Å². The fraction of sp³-hybridized carbons (Fsp3) is 0.929. The molecule has 0 bridgehead atoms. The molecule has 6 heteroatoms. The molecule has 0 unspecified atom stereocenters. The fourth-order valence-electron chi connectivity index (χ4n) is 1.32. The molecule has 20 heavy (non-hydrogen) atoms. The molecule has 1 amide bonds. The number of nitrogens with zero attached hydrogens (tertiary/aromatic N) is 1. The van der Waals surface area contributed by atoms with Gasteiger partial charge in [0.15, 0.2) is 0 Å². The summed E-state index contributed by atoms with van der Waals surface area (Å²) in [6, 6.07) is 0.494. The monoisotopic (exact) mass is 290 g/mol. The summed E-state index contributed by atoms with van der Waals surface area (Å²) in [7, 11) is 1.76. The standard InChI is InChI=1S/C14H30N2O4/c1-13(2)15-5-7-18-9-11-20-12-10-19-8-6-16(4)14(3)17/h13,15H,5-12H2,1-4H3. The molecule has 0 aromatic carbocycles. The largest absolute Gasteiger partial charge is 0.378 e. The molecular formula is C14H30N2O4. The van der Waals surface area contributed by atoms with Crippen LogP contribution in [0.4, 0.5) is 0 Å². The van der Waals surface area contributed by atoms with E-state index in [0.717, 1.165) is 6.54 Å². The Hall–Kier alpha value is -0.690. The van der Waals surface area contributed by atoms with Crippen molar-refractivity contribution < 1.29 is 19.0 Å². The first-order chi connectivity index (χ1) is 9.54. The smallest absolute Gasteiger partial charge is 0.219 e. The molecule has 0 fully saturated rings. The van der Waals surface area contributed by atoms with E-state index >= 15 is 0 Å². The minimum absolute atomic E-state index is 0.0500. The van der Waals surface area contributed by atoms with Crippen LogP contribution in [-0.2, 0) is 19.0 Å². The van der Waals surface area contributed by atoms with Gasteiger partial charge in [0.05, 0.1) is 39.6 Å². The lowest BCUT2D eigenvalue weighted by Crippen LogP contribution is -2.28. The lowest BCUT2D eigenvalue weighted by molar-refractivity contribution is -0.128. The Bertz CT molecular complexity index is 237. The third-order valence-corrected chi connectivity index (χ3v) is 2.65. The van der Waals surface area contributed by atoms with Gasteiger partial charge in [0.25, 0.3) is 0 Å². The Balaban J connectivity index is 3.08. The molecule has 0 atom stereocenters. The third-order valence-electron chi connectivity index (χ3n) is 2.65. The predicted molar refractivity (Wildman–Crippen MR) is 78.9 cm³/mol. The normalized spacial score (nSPS) is 11.1. The van der Waals surface area contributed by atoms with Crippen LogP contribution in [0.15, 0.2) is 0 Å². The van der Waals surface area contributed by atoms with Gasteiger partial charge in [-0.25, -0.2) is 0 Å². The molecule has 0 aromatic heterocycles. The van der Waals surface area contributed by atoms with Crippen LogP contribution >= 0.6 is 0 Å². The molecule has 0 aliphatic rings. The molecule has 0 aromatic rings. The molecule has 6 nitrogen and oxygen atoms in total. The topological polar surface area (TPSA) is 60.0 Å². The van der Waals surface area contributed by atoms with Crippen LogP contribution in [0.1, 0.15) is 20.8 Å². The minimum Gasteiger partial charge on any atom is -0.378 e. The van der Waals surface area contributed by atoms with Crippen LogP contribution in [-0.4, -0.2) is 76.6 Å². The van der Waals surface area contributed by atoms with E-state index in [0.29, 0.717) is 52.2 Å². The van der Waals surface area contributed by atoms with E-state index in [2.05, 4.69) is 19.2 Å². The van der Waals surface area contributed by atoms with Crippen LogP contribution < -0.4 is 5.32 Å². The van der Waals surface area contributed by atoms with Gasteiger partial charge in [0.1, 0.15) is 0 Å². The summed E-state index contributed by atoms with van der Waals surface area (Å²) in [6.45, 7) is 10.8. The molecule has 0 saturated carbocycles. The summed E-state index contributed by atoms with van der Waals surface area (Å²) < 4.78 is 16.1. The Morgan fingerprint density at radius 3 is 2.00 bits per heavy atom. The van der Waals surface area contributed by atoms with Crippen molar-refractivity contribution >= 4 is 5.91 Å². The first kappa shape index (κ1) is 19.3. The number of hydrogen-bond donors (Lipinski definition) is 1. The zero-order valence-corrected chi connectivity index (χ0v) is 13.3. The lowest BCUT2D eigenvalue weighted by atomic mass is 10.4. The second-order valence-electron chi connectivity index (χ2n) is 4.89. The van der Waals surface area contributed by atoms with E-state index in [-0.39, 0.29) is 5.91 Å². The second kappa shape index (κ2) is 13.3. The Morgan fingerprint density at radius 2 is 1.50 bits per heavy atom. The number of rotatable bonds is 13. The summed E-state index contributed by atoms with van der Waals surface area (Å²) in [5.74, 6) is 0.0500. The molecule has 0 heterocycles. The second-order valence-corrected chi connectivity index (χ2v) is 4.89. The summed E-state index contributed by atoms with van der Waals surface area (Å²) >= 11 is 0. The highest BCUT2D eigenvalue weighted by Gasteiger charge is 2.00. The zero-order chi connectivity index (χ0) is 15.2. The maximum absolute atomic E-state index is 10.9. The van der Waals surface area contributed by atoms with Crippen molar-refractivity contribution in [2.75, 3.05) is 59.8 Å². The van der Waals surface area contributed by atoms with E-state index in [4.69, 9.17) is 14.2 Å². The molecule has 0 radical (unpaired) electrons. The van der Waals surface area contributed by atoms with Gasteiger partial charge in [-0.2, -0.15) is 0 Å². The number of hydrogen-bond acceptors (Lipinski definition) is 5. The van der Waals surface area contributed by atoms with E-state index < -0.39 is 0 Å². The Kier molecular flexibility index (Phi) is 12.8. The predicted octanol–water partition coefficient (Wildman–Crippen LogP) is 0.513. The van der Waals surface area contributed by atoms with Crippen molar-refractivity contribution in [2.45, 2.75) is 26.8 Å². The maximum Gasteiger partial charge on any atom is 0.219 e. The molecule has 0 aliphatic carbocycles. The van der Waals surface area contributed by atoms with Crippen LogP contribution in [0.2, 0.25) is 0 Å². The summed E-state index contributed by atoms with van der Waals surface area (Å²) in [5, 5.41) is 3.27. The Morgan fingerprint density at radius 1 is 1.00 bits per heavy atom. The third kappa shape index (κ3) is 13.7. The van der Waals surface area contributed by atoms with Crippen LogP contribution in [0.3, 0.4) is 0 Å². The van der Waals surface area contributed by atoms with Gasteiger partial charge in [0.2, 0.25) is 5.91 Å². The van der Waals surface area contributed by atoms with Crippen molar-refractivity contribution in [1.82, 2.24) is 10.2 Å². The molecular weight excluding hydrogens is 260 g/mol. The minimum atomic E-state index is 0.0500. The van der Waals surface area contributed by atoms with Gasteiger partial charge in [-0.3, -0.25) is 4.79 Å². The van der Waals surface area contributed by atoms with Crippen molar-refractivity contribution in [3.8, 4) is 0 Å².